The van der Waals surface area contributed by atoms with E-state index in [2.05, 4.69) is 4.72 Å². The molecular weight excluding hydrogens is 356 g/mol. The van der Waals surface area contributed by atoms with Crippen molar-refractivity contribution in [2.75, 3.05) is 13.1 Å². The lowest BCUT2D eigenvalue weighted by Gasteiger charge is -2.31. The lowest BCUT2D eigenvalue weighted by Crippen LogP contribution is -2.50. The molecule has 8 heteroatoms. The third kappa shape index (κ3) is 5.17. The van der Waals surface area contributed by atoms with Crippen molar-refractivity contribution < 1.29 is 13.2 Å². The second-order valence-corrected chi connectivity index (χ2v) is 9.90. The minimum Gasteiger partial charge on any atom is -0.341 e. The number of rotatable bonds is 6. The van der Waals surface area contributed by atoms with Gasteiger partial charge in [-0.05, 0) is 43.7 Å². The van der Waals surface area contributed by atoms with E-state index in [1.54, 1.807) is 11.0 Å². The van der Waals surface area contributed by atoms with Crippen molar-refractivity contribution >= 4 is 38.9 Å². The van der Waals surface area contributed by atoms with Gasteiger partial charge in [-0.1, -0.05) is 25.4 Å². The molecule has 0 saturated carbocycles. The Balaban J connectivity index is 2.16. The zero-order valence-electron chi connectivity index (χ0n) is 13.4. The summed E-state index contributed by atoms with van der Waals surface area (Å²) in [6.45, 7) is 5.37. The number of hydrogen-bond donors (Lipinski definition) is 1. The predicted octanol–water partition coefficient (Wildman–Crippen LogP) is 3.11. The second-order valence-electron chi connectivity index (χ2n) is 6.25. The lowest BCUT2D eigenvalue weighted by atomic mass is 10.0. The Kier molecular flexibility index (Phi) is 6.48. The third-order valence-corrected chi connectivity index (χ3v) is 6.98. The van der Waals surface area contributed by atoms with E-state index in [9.17, 15) is 13.2 Å². The topological polar surface area (TPSA) is 66.5 Å². The second kappa shape index (κ2) is 7.96. The van der Waals surface area contributed by atoms with Crippen LogP contribution in [0.15, 0.2) is 16.3 Å². The summed E-state index contributed by atoms with van der Waals surface area (Å²) in [5.41, 5.74) is 0. The van der Waals surface area contributed by atoms with Crippen LogP contribution in [-0.4, -0.2) is 38.4 Å². The van der Waals surface area contributed by atoms with Crippen molar-refractivity contribution in [1.29, 1.82) is 0 Å². The van der Waals surface area contributed by atoms with Gasteiger partial charge in [0.2, 0.25) is 5.91 Å². The number of amides is 1. The Bertz CT molecular complexity index is 637. The zero-order valence-corrected chi connectivity index (χ0v) is 15.8. The van der Waals surface area contributed by atoms with Gasteiger partial charge in [0.1, 0.15) is 10.3 Å². The number of nitrogens with one attached hydrogen (secondary N) is 1. The molecule has 1 aromatic heterocycles. The van der Waals surface area contributed by atoms with Crippen molar-refractivity contribution in [1.82, 2.24) is 9.62 Å². The van der Waals surface area contributed by atoms with E-state index in [1.165, 1.54) is 6.07 Å². The van der Waals surface area contributed by atoms with Gasteiger partial charge in [0.05, 0.1) is 4.34 Å². The van der Waals surface area contributed by atoms with Crippen LogP contribution < -0.4 is 4.72 Å². The Morgan fingerprint density at radius 3 is 2.48 bits per heavy atom. The highest BCUT2D eigenvalue weighted by molar-refractivity contribution is 7.91. The van der Waals surface area contributed by atoms with Crippen molar-refractivity contribution in [3.8, 4) is 0 Å². The molecule has 130 valence electrons. The first-order chi connectivity index (χ1) is 10.8. The molecule has 1 aliphatic heterocycles. The van der Waals surface area contributed by atoms with Crippen LogP contribution in [0.3, 0.4) is 0 Å². The summed E-state index contributed by atoms with van der Waals surface area (Å²) < 4.78 is 28.1. The predicted molar refractivity (Wildman–Crippen MR) is 93.3 cm³/mol. The maximum Gasteiger partial charge on any atom is 0.250 e. The van der Waals surface area contributed by atoms with Gasteiger partial charge in [0, 0.05) is 13.1 Å². The van der Waals surface area contributed by atoms with Gasteiger partial charge < -0.3 is 4.90 Å². The highest BCUT2D eigenvalue weighted by Gasteiger charge is 2.31. The molecule has 0 radical (unpaired) electrons. The zero-order chi connectivity index (χ0) is 17.0. The number of carbonyl (C=O) groups is 1. The number of halogens is 1. The quantitative estimate of drug-likeness (QED) is 0.827. The lowest BCUT2D eigenvalue weighted by molar-refractivity contribution is -0.134. The molecule has 1 amide bonds. The number of carbonyl (C=O) groups excluding carboxylic acids is 1. The molecule has 0 unspecified atom stereocenters. The molecule has 23 heavy (non-hydrogen) atoms. The summed E-state index contributed by atoms with van der Waals surface area (Å²) in [6, 6.07) is 2.29. The van der Waals surface area contributed by atoms with Gasteiger partial charge in [-0.15, -0.1) is 11.3 Å². The van der Waals surface area contributed by atoms with Gasteiger partial charge in [-0.3, -0.25) is 4.79 Å². The van der Waals surface area contributed by atoms with Crippen LogP contribution in [-0.2, 0) is 14.8 Å². The maximum atomic E-state index is 12.7. The minimum atomic E-state index is -3.73. The van der Waals surface area contributed by atoms with Gasteiger partial charge in [-0.2, -0.15) is 4.72 Å². The van der Waals surface area contributed by atoms with Gasteiger partial charge in [0.25, 0.3) is 10.0 Å². The van der Waals surface area contributed by atoms with Crippen LogP contribution in [0.2, 0.25) is 4.34 Å². The van der Waals surface area contributed by atoms with Crippen LogP contribution in [0.4, 0.5) is 0 Å². The van der Waals surface area contributed by atoms with E-state index in [0.717, 1.165) is 30.6 Å². The van der Waals surface area contributed by atoms with E-state index in [4.69, 9.17) is 11.6 Å². The summed E-state index contributed by atoms with van der Waals surface area (Å²) >= 11 is 6.82. The summed E-state index contributed by atoms with van der Waals surface area (Å²) in [4.78, 5) is 14.5. The number of likely N-dealkylation sites (tertiary alicyclic amines) is 1. The minimum absolute atomic E-state index is 0.121. The van der Waals surface area contributed by atoms with Crippen LogP contribution in [0.1, 0.15) is 39.5 Å². The van der Waals surface area contributed by atoms with E-state index in [-0.39, 0.29) is 16.0 Å². The number of sulfonamides is 1. The molecule has 1 aliphatic rings. The fourth-order valence-corrected chi connectivity index (χ4v) is 5.39. The van der Waals surface area contributed by atoms with Crippen molar-refractivity contribution in [2.24, 2.45) is 5.92 Å². The first kappa shape index (κ1) is 18.7. The van der Waals surface area contributed by atoms with Gasteiger partial charge >= 0.3 is 0 Å². The van der Waals surface area contributed by atoms with E-state index in [1.807, 2.05) is 13.8 Å². The molecule has 5 nitrogen and oxygen atoms in total. The largest absolute Gasteiger partial charge is 0.341 e. The van der Waals surface area contributed by atoms with Crippen LogP contribution in [0.25, 0.3) is 0 Å². The van der Waals surface area contributed by atoms with Crippen molar-refractivity contribution in [3.05, 3.63) is 16.5 Å². The molecule has 0 spiro atoms. The number of thiophene rings is 1. The average Bonchev–Trinajstić information content (AvgIpc) is 2.93. The monoisotopic (exact) mass is 378 g/mol. The fourth-order valence-electron chi connectivity index (χ4n) is 2.69. The normalized spacial score (nSPS) is 17.5. The highest BCUT2D eigenvalue weighted by Crippen LogP contribution is 2.26. The maximum absolute atomic E-state index is 12.7. The van der Waals surface area contributed by atoms with Crippen LogP contribution in [0, 0.1) is 5.92 Å². The number of hydrogen-bond acceptors (Lipinski definition) is 4. The van der Waals surface area contributed by atoms with Crippen LogP contribution >= 0.6 is 22.9 Å². The molecule has 1 saturated heterocycles. The summed E-state index contributed by atoms with van der Waals surface area (Å²) in [5, 5.41) is 0. The standard InChI is InChI=1S/C15H23ClN2O3S2/c1-11(2)10-12(15(19)18-8-4-3-5-9-18)17-23(20,21)14-7-6-13(16)22-14/h6-7,11-12,17H,3-5,8-10H2,1-2H3/t12-/m1/s1. The molecule has 1 fully saturated rings. The van der Waals surface area contributed by atoms with E-state index < -0.39 is 16.1 Å². The Morgan fingerprint density at radius 1 is 1.30 bits per heavy atom. The van der Waals surface area contributed by atoms with Gasteiger partial charge in [0.15, 0.2) is 0 Å². The highest BCUT2D eigenvalue weighted by atomic mass is 35.5. The first-order valence-corrected chi connectivity index (χ1v) is 10.5. The van der Waals surface area contributed by atoms with Crippen LogP contribution in [0.5, 0.6) is 0 Å². The molecule has 0 aromatic carbocycles. The number of piperidine rings is 1. The Morgan fingerprint density at radius 2 is 1.96 bits per heavy atom. The van der Waals surface area contributed by atoms with Gasteiger partial charge in [-0.25, -0.2) is 8.42 Å². The summed E-state index contributed by atoms with van der Waals surface area (Å²) in [6.07, 6.45) is 3.56. The molecular formula is C15H23ClN2O3S2. The SMILES string of the molecule is CC(C)C[C@@H](NS(=O)(=O)c1ccc(Cl)s1)C(=O)N1CCCCC1. The third-order valence-electron chi connectivity index (χ3n) is 3.78. The van der Waals surface area contributed by atoms with E-state index >= 15 is 0 Å². The molecule has 1 atom stereocenters. The Labute approximate surface area is 147 Å². The fraction of sp³-hybridized carbons (Fsp3) is 0.667. The molecule has 1 N–H and O–H groups in total. The molecule has 2 rings (SSSR count). The Hall–Kier alpha value is -0.630. The molecule has 1 aromatic rings. The van der Waals surface area contributed by atoms with Crippen molar-refractivity contribution in [3.63, 3.8) is 0 Å². The number of nitrogens with zero attached hydrogens (tertiary/aromatic N) is 1. The molecule has 2 heterocycles. The average molecular weight is 379 g/mol. The first-order valence-electron chi connectivity index (χ1n) is 7.86. The smallest absolute Gasteiger partial charge is 0.250 e. The molecule has 0 bridgehead atoms. The summed E-state index contributed by atoms with van der Waals surface area (Å²) in [7, 11) is -3.73. The van der Waals surface area contributed by atoms with Crippen molar-refractivity contribution in [2.45, 2.75) is 49.8 Å². The summed E-state index contributed by atoms with van der Waals surface area (Å²) in [5.74, 6) is 0.0907. The van der Waals surface area contributed by atoms with E-state index in [0.29, 0.717) is 23.8 Å². The molecule has 0 aliphatic carbocycles.